The van der Waals surface area contributed by atoms with Crippen molar-refractivity contribution in [2.24, 2.45) is 0 Å². The first-order valence-electron chi connectivity index (χ1n) is 9.08. The van der Waals surface area contributed by atoms with Crippen LogP contribution in [0.1, 0.15) is 18.4 Å². The number of rotatable bonds is 11. The molecule has 0 spiro atoms. The van der Waals surface area contributed by atoms with Gasteiger partial charge in [0.25, 0.3) is 0 Å². The van der Waals surface area contributed by atoms with Crippen LogP contribution in [0.3, 0.4) is 0 Å². The number of carbonyl (C=O) groups excluding carboxylic acids is 1. The first kappa shape index (κ1) is 23.1. The summed E-state index contributed by atoms with van der Waals surface area (Å²) in [5.74, 6) is -0.823. The number of halogens is 2. The summed E-state index contributed by atoms with van der Waals surface area (Å²) in [6.07, 6.45) is 1.51. The van der Waals surface area contributed by atoms with Gasteiger partial charge in [0.1, 0.15) is 5.82 Å². The molecule has 0 saturated carbocycles. The molecule has 1 amide bonds. The lowest BCUT2D eigenvalue weighted by atomic mass is 10.2. The van der Waals surface area contributed by atoms with Crippen LogP contribution < -0.4 is 9.62 Å². The maximum absolute atomic E-state index is 13.3. The minimum Gasteiger partial charge on any atom is -0.375 e. The molecule has 0 radical (unpaired) electrons. The summed E-state index contributed by atoms with van der Waals surface area (Å²) in [4.78, 5) is 11.9. The predicted molar refractivity (Wildman–Crippen MR) is 112 cm³/mol. The number of carbonyl (C=O) groups is 1. The maximum atomic E-state index is 13.3. The molecule has 0 aliphatic heterocycles. The van der Waals surface area contributed by atoms with E-state index in [4.69, 9.17) is 16.3 Å². The Morgan fingerprint density at radius 2 is 1.93 bits per heavy atom. The van der Waals surface area contributed by atoms with E-state index in [0.29, 0.717) is 26.2 Å². The Balaban J connectivity index is 1.73. The van der Waals surface area contributed by atoms with E-state index in [0.717, 1.165) is 22.2 Å². The van der Waals surface area contributed by atoms with Gasteiger partial charge in [-0.3, -0.25) is 9.10 Å². The summed E-state index contributed by atoms with van der Waals surface area (Å²) in [5, 5.41) is 2.57. The van der Waals surface area contributed by atoms with Gasteiger partial charge in [-0.1, -0.05) is 41.9 Å². The third-order valence-corrected chi connectivity index (χ3v) is 5.52. The quantitative estimate of drug-likeness (QED) is 0.541. The minimum atomic E-state index is -3.60. The molecule has 2 aromatic carbocycles. The molecule has 158 valence electrons. The lowest BCUT2D eigenvalue weighted by Gasteiger charge is -2.22. The van der Waals surface area contributed by atoms with Crippen molar-refractivity contribution in [2.75, 3.05) is 30.3 Å². The Morgan fingerprint density at radius 3 is 2.59 bits per heavy atom. The molecule has 29 heavy (non-hydrogen) atoms. The summed E-state index contributed by atoms with van der Waals surface area (Å²) in [7, 11) is -3.60. The van der Waals surface area contributed by atoms with E-state index < -0.39 is 15.8 Å². The number of hydrogen-bond donors (Lipinski definition) is 1. The summed E-state index contributed by atoms with van der Waals surface area (Å²) in [6.45, 7) is 1.30. The number of nitrogens with zero attached hydrogens (tertiary/aromatic N) is 1. The molecule has 1 N–H and O–H groups in total. The SMILES string of the molecule is CS(=O)(=O)N(CCCC(=O)NCCOCc1ccccc1)c1ccc(F)c(Cl)c1. The molecular formula is C20H24ClFN2O4S. The molecule has 2 aromatic rings. The van der Waals surface area contributed by atoms with E-state index in [1.165, 1.54) is 12.1 Å². The van der Waals surface area contributed by atoms with Gasteiger partial charge in [-0.25, -0.2) is 12.8 Å². The second-order valence-electron chi connectivity index (χ2n) is 6.43. The molecule has 2 rings (SSSR count). The Hall–Kier alpha value is -2.16. The summed E-state index contributed by atoms with van der Waals surface area (Å²) >= 11 is 5.74. The van der Waals surface area contributed by atoms with Crippen molar-refractivity contribution in [1.29, 1.82) is 0 Å². The lowest BCUT2D eigenvalue weighted by Crippen LogP contribution is -2.32. The molecule has 0 aliphatic carbocycles. The standard InChI is InChI=1S/C20H24ClFN2O4S/c1-29(26,27)24(17-9-10-19(22)18(21)14-17)12-5-8-20(25)23-11-13-28-15-16-6-3-2-4-7-16/h2-4,6-7,9-10,14H,5,8,11-13,15H2,1H3,(H,23,25). The van der Waals surface area contributed by atoms with Crippen molar-refractivity contribution in [1.82, 2.24) is 5.32 Å². The fourth-order valence-corrected chi connectivity index (χ4v) is 3.76. The van der Waals surface area contributed by atoms with Crippen LogP contribution in [-0.2, 0) is 26.2 Å². The van der Waals surface area contributed by atoms with E-state index in [9.17, 15) is 17.6 Å². The third kappa shape index (κ3) is 8.00. The Morgan fingerprint density at radius 1 is 1.21 bits per heavy atom. The van der Waals surface area contributed by atoms with Crippen molar-refractivity contribution < 1.29 is 22.3 Å². The summed E-state index contributed by atoms with van der Waals surface area (Å²) in [6, 6.07) is 13.4. The molecule has 9 heteroatoms. The van der Waals surface area contributed by atoms with Crippen molar-refractivity contribution in [2.45, 2.75) is 19.4 Å². The van der Waals surface area contributed by atoms with Gasteiger partial charge >= 0.3 is 0 Å². The van der Waals surface area contributed by atoms with Gasteiger partial charge in [0.05, 0.1) is 30.2 Å². The zero-order valence-electron chi connectivity index (χ0n) is 16.1. The van der Waals surface area contributed by atoms with Crippen LogP contribution in [0, 0.1) is 5.82 Å². The number of ether oxygens (including phenoxy) is 1. The monoisotopic (exact) mass is 442 g/mol. The lowest BCUT2D eigenvalue weighted by molar-refractivity contribution is -0.121. The number of anilines is 1. The van der Waals surface area contributed by atoms with Crippen LogP contribution in [-0.4, -0.2) is 40.3 Å². The average Bonchev–Trinajstić information content (AvgIpc) is 2.67. The van der Waals surface area contributed by atoms with E-state index >= 15 is 0 Å². The third-order valence-electron chi connectivity index (χ3n) is 4.04. The van der Waals surface area contributed by atoms with Crippen molar-refractivity contribution >= 4 is 33.2 Å². The number of nitrogens with one attached hydrogen (secondary N) is 1. The second kappa shape index (κ2) is 11.1. The zero-order chi connectivity index (χ0) is 21.3. The maximum Gasteiger partial charge on any atom is 0.232 e. The van der Waals surface area contributed by atoms with Crippen LogP contribution >= 0.6 is 11.6 Å². The zero-order valence-corrected chi connectivity index (χ0v) is 17.7. The molecule has 0 unspecified atom stereocenters. The van der Waals surface area contributed by atoms with Crippen LogP contribution in [0.25, 0.3) is 0 Å². The summed E-state index contributed by atoms with van der Waals surface area (Å²) in [5.41, 5.74) is 1.31. The van der Waals surface area contributed by atoms with E-state index in [1.807, 2.05) is 30.3 Å². The molecule has 0 saturated heterocycles. The highest BCUT2D eigenvalue weighted by Crippen LogP contribution is 2.24. The number of hydrogen-bond acceptors (Lipinski definition) is 4. The molecular weight excluding hydrogens is 419 g/mol. The fourth-order valence-electron chi connectivity index (χ4n) is 2.63. The highest BCUT2D eigenvalue weighted by Gasteiger charge is 2.18. The van der Waals surface area contributed by atoms with E-state index in [1.54, 1.807) is 0 Å². The van der Waals surface area contributed by atoms with Gasteiger partial charge in [0.15, 0.2) is 0 Å². The fraction of sp³-hybridized carbons (Fsp3) is 0.350. The molecule has 0 atom stereocenters. The Kier molecular flexibility index (Phi) is 8.88. The Labute approximate surface area is 175 Å². The predicted octanol–water partition coefficient (Wildman–Crippen LogP) is 3.36. The van der Waals surface area contributed by atoms with E-state index in [2.05, 4.69) is 5.32 Å². The van der Waals surface area contributed by atoms with Crippen molar-refractivity contribution in [3.8, 4) is 0 Å². The largest absolute Gasteiger partial charge is 0.375 e. The first-order valence-corrected chi connectivity index (χ1v) is 11.3. The molecule has 6 nitrogen and oxygen atoms in total. The molecule has 0 aromatic heterocycles. The minimum absolute atomic E-state index is 0.0821. The smallest absolute Gasteiger partial charge is 0.232 e. The first-order chi connectivity index (χ1) is 13.8. The molecule has 0 bridgehead atoms. The van der Waals surface area contributed by atoms with Gasteiger partial charge in [0, 0.05) is 19.5 Å². The summed E-state index contributed by atoms with van der Waals surface area (Å²) < 4.78 is 44.0. The van der Waals surface area contributed by atoms with Gasteiger partial charge in [0.2, 0.25) is 15.9 Å². The number of amides is 1. The van der Waals surface area contributed by atoms with Crippen LogP contribution in [0.15, 0.2) is 48.5 Å². The van der Waals surface area contributed by atoms with Gasteiger partial charge in [-0.05, 0) is 30.2 Å². The normalized spacial score (nSPS) is 11.3. The van der Waals surface area contributed by atoms with E-state index in [-0.39, 0.29) is 29.6 Å². The topological polar surface area (TPSA) is 75.7 Å². The van der Waals surface area contributed by atoms with Gasteiger partial charge in [-0.2, -0.15) is 0 Å². The van der Waals surface area contributed by atoms with Crippen LogP contribution in [0.4, 0.5) is 10.1 Å². The van der Waals surface area contributed by atoms with Crippen molar-refractivity contribution in [3.63, 3.8) is 0 Å². The van der Waals surface area contributed by atoms with Crippen LogP contribution in [0.2, 0.25) is 5.02 Å². The number of benzene rings is 2. The van der Waals surface area contributed by atoms with Crippen molar-refractivity contribution in [3.05, 3.63) is 64.9 Å². The van der Waals surface area contributed by atoms with Gasteiger partial charge in [-0.15, -0.1) is 0 Å². The average molecular weight is 443 g/mol. The highest BCUT2D eigenvalue weighted by atomic mass is 35.5. The second-order valence-corrected chi connectivity index (χ2v) is 8.74. The molecule has 0 heterocycles. The highest BCUT2D eigenvalue weighted by molar-refractivity contribution is 7.92. The Bertz CT molecular complexity index is 910. The van der Waals surface area contributed by atoms with Gasteiger partial charge < -0.3 is 10.1 Å². The molecule has 0 fully saturated rings. The number of sulfonamides is 1. The van der Waals surface area contributed by atoms with Crippen LogP contribution in [0.5, 0.6) is 0 Å². The molecule has 0 aliphatic rings.